The first-order valence-electron chi connectivity index (χ1n) is 16.9. The molecule has 5 heteroatoms. The minimum absolute atomic E-state index is 0.439. The van der Waals surface area contributed by atoms with Crippen molar-refractivity contribution in [3.63, 3.8) is 0 Å². The average Bonchev–Trinajstić information content (AvgIpc) is 3.74. The lowest BCUT2D eigenvalue weighted by atomic mass is 10.0. The van der Waals surface area contributed by atoms with Crippen molar-refractivity contribution in [3.05, 3.63) is 187 Å². The predicted molar refractivity (Wildman–Crippen MR) is 205 cm³/mol. The Labute approximate surface area is 288 Å². The Morgan fingerprint density at radius 2 is 1.10 bits per heavy atom. The molecule has 1 unspecified atom stereocenters. The van der Waals surface area contributed by atoms with Crippen LogP contribution in [-0.4, -0.2) is 16.2 Å². The number of para-hydroxylation sites is 2. The van der Waals surface area contributed by atoms with Crippen LogP contribution in [0.3, 0.4) is 0 Å². The van der Waals surface area contributed by atoms with Crippen molar-refractivity contribution in [1.29, 1.82) is 0 Å². The highest BCUT2D eigenvalue weighted by molar-refractivity contribution is 6.24. The van der Waals surface area contributed by atoms with Crippen LogP contribution in [0.1, 0.15) is 22.9 Å². The minimum Gasteiger partial charge on any atom is -0.455 e. The van der Waals surface area contributed by atoms with Crippen LogP contribution in [0.4, 0.5) is 0 Å². The zero-order valence-corrected chi connectivity index (χ0v) is 27.0. The third-order valence-corrected chi connectivity index (χ3v) is 9.66. The molecule has 0 amide bonds. The van der Waals surface area contributed by atoms with Gasteiger partial charge in [-0.25, -0.2) is 9.98 Å². The molecule has 50 heavy (non-hydrogen) atoms. The fraction of sp³-hybridized carbons (Fsp3) is 0.0222. The molecule has 236 valence electrons. The Morgan fingerprint density at radius 1 is 0.480 bits per heavy atom. The van der Waals surface area contributed by atoms with Crippen LogP contribution in [0.15, 0.2) is 184 Å². The monoisotopic (exact) mass is 642 g/mol. The van der Waals surface area contributed by atoms with Gasteiger partial charge in [-0.2, -0.15) is 0 Å². The van der Waals surface area contributed by atoms with E-state index in [1.807, 2.05) is 36.4 Å². The van der Waals surface area contributed by atoms with Crippen molar-refractivity contribution in [3.8, 4) is 16.8 Å². The molecule has 10 rings (SSSR count). The van der Waals surface area contributed by atoms with Gasteiger partial charge < -0.3 is 14.3 Å². The maximum Gasteiger partial charge on any atom is 0.169 e. The molecule has 5 nitrogen and oxygen atoms in total. The van der Waals surface area contributed by atoms with E-state index in [4.69, 9.17) is 14.4 Å². The topological polar surface area (TPSA) is 54.8 Å². The normalized spacial score (nSPS) is 14.6. The van der Waals surface area contributed by atoms with Gasteiger partial charge in [-0.05, 0) is 47.5 Å². The van der Waals surface area contributed by atoms with Gasteiger partial charge in [-0.3, -0.25) is 0 Å². The van der Waals surface area contributed by atoms with Gasteiger partial charge >= 0.3 is 0 Å². The summed E-state index contributed by atoms with van der Waals surface area (Å²) in [6.45, 7) is 0. The van der Waals surface area contributed by atoms with Crippen LogP contribution in [-0.2, 0) is 0 Å². The van der Waals surface area contributed by atoms with Gasteiger partial charge in [0.15, 0.2) is 6.17 Å². The second-order valence-electron chi connectivity index (χ2n) is 12.6. The molecule has 0 fully saturated rings. The van der Waals surface area contributed by atoms with Gasteiger partial charge in [0.05, 0.1) is 16.4 Å². The lowest BCUT2D eigenvalue weighted by molar-refractivity contribution is 0.673. The van der Waals surface area contributed by atoms with Crippen molar-refractivity contribution in [2.45, 2.75) is 6.17 Å². The SMILES string of the molecule is c1ccc(C2=NC(c3cccc(-n4c5ccccc5c5c6oc7ccccc7c6ccc54)c3)N=C(c3ccc(-c4ccccc4)cc3)N2)cc1. The van der Waals surface area contributed by atoms with Crippen LogP contribution in [0.25, 0.3) is 60.6 Å². The first kappa shape index (κ1) is 28.3. The molecule has 0 bridgehead atoms. The first-order valence-corrected chi connectivity index (χ1v) is 16.9. The van der Waals surface area contributed by atoms with Crippen LogP contribution in [0, 0.1) is 0 Å². The van der Waals surface area contributed by atoms with Crippen LogP contribution in [0.5, 0.6) is 0 Å². The summed E-state index contributed by atoms with van der Waals surface area (Å²) < 4.78 is 8.86. The highest BCUT2D eigenvalue weighted by Crippen LogP contribution is 2.40. The summed E-state index contributed by atoms with van der Waals surface area (Å²) in [6.07, 6.45) is -0.439. The maximum absolute atomic E-state index is 6.53. The van der Waals surface area contributed by atoms with Gasteiger partial charge in [0.2, 0.25) is 0 Å². The number of aliphatic imine (C=N–C) groups is 2. The van der Waals surface area contributed by atoms with Crippen LogP contribution in [0.2, 0.25) is 0 Å². The number of aromatic nitrogens is 1. The smallest absolute Gasteiger partial charge is 0.169 e. The summed E-state index contributed by atoms with van der Waals surface area (Å²) in [7, 11) is 0. The van der Waals surface area contributed by atoms with Gasteiger partial charge in [-0.1, -0.05) is 133 Å². The lowest BCUT2D eigenvalue weighted by Crippen LogP contribution is -2.36. The van der Waals surface area contributed by atoms with Gasteiger partial charge in [-0.15, -0.1) is 0 Å². The second kappa shape index (κ2) is 11.5. The van der Waals surface area contributed by atoms with Crippen molar-refractivity contribution in [2.75, 3.05) is 0 Å². The molecule has 3 heterocycles. The van der Waals surface area contributed by atoms with Gasteiger partial charge in [0.25, 0.3) is 0 Å². The molecule has 0 saturated heterocycles. The molecule has 0 spiro atoms. The Morgan fingerprint density at radius 3 is 1.88 bits per heavy atom. The number of furan rings is 1. The maximum atomic E-state index is 6.53. The Bertz CT molecular complexity index is 2770. The van der Waals surface area contributed by atoms with Gasteiger partial charge in [0, 0.05) is 38.5 Å². The summed E-state index contributed by atoms with van der Waals surface area (Å²) >= 11 is 0. The zero-order valence-electron chi connectivity index (χ0n) is 27.0. The van der Waals surface area contributed by atoms with E-state index in [-0.39, 0.29) is 0 Å². The number of fused-ring (bicyclic) bond motifs is 7. The van der Waals surface area contributed by atoms with Crippen molar-refractivity contribution in [2.24, 2.45) is 9.98 Å². The van der Waals surface area contributed by atoms with E-state index in [2.05, 4.69) is 143 Å². The molecule has 7 aromatic carbocycles. The number of benzene rings is 7. The summed E-state index contributed by atoms with van der Waals surface area (Å²) in [5, 5.41) is 8.07. The molecule has 9 aromatic rings. The summed E-state index contributed by atoms with van der Waals surface area (Å²) in [5.41, 5.74) is 10.4. The largest absolute Gasteiger partial charge is 0.455 e. The molecule has 0 saturated carbocycles. The molecule has 1 N–H and O–H groups in total. The highest BCUT2D eigenvalue weighted by atomic mass is 16.3. The fourth-order valence-electron chi connectivity index (χ4n) is 7.28. The van der Waals surface area contributed by atoms with Crippen molar-refractivity contribution in [1.82, 2.24) is 9.88 Å². The quantitative estimate of drug-likeness (QED) is 0.203. The van der Waals surface area contributed by atoms with Crippen LogP contribution < -0.4 is 5.32 Å². The third kappa shape index (κ3) is 4.63. The number of nitrogens with one attached hydrogen (secondary N) is 1. The third-order valence-electron chi connectivity index (χ3n) is 9.66. The standard InChI is InChI=1S/C45H30N4O/c1-3-12-29(13-4-1)30-22-24-32(25-23-30)44-46-43(31-14-5-2-6-15-31)47-45(48-44)33-16-11-17-34(28-33)49-38-20-9-7-19-37(38)41-39(49)27-26-36-35-18-8-10-21-40(35)50-42(36)41/h1-28,45H,(H,46,47,48). The Balaban J connectivity index is 1.11. The zero-order chi connectivity index (χ0) is 33.0. The Hall–Kier alpha value is -6.72. The number of hydrogen-bond acceptors (Lipinski definition) is 4. The molecule has 2 aromatic heterocycles. The molecule has 0 aliphatic carbocycles. The lowest BCUT2D eigenvalue weighted by Gasteiger charge is -2.23. The molecule has 1 atom stereocenters. The molecule has 1 aliphatic rings. The summed E-state index contributed by atoms with van der Waals surface area (Å²) in [6, 6.07) is 59.1. The highest BCUT2D eigenvalue weighted by Gasteiger charge is 2.23. The number of nitrogens with zero attached hydrogens (tertiary/aromatic N) is 3. The van der Waals surface area contributed by atoms with Crippen molar-refractivity contribution >= 4 is 55.4 Å². The van der Waals surface area contributed by atoms with E-state index < -0.39 is 6.17 Å². The van der Waals surface area contributed by atoms with Crippen molar-refractivity contribution < 1.29 is 4.42 Å². The molecular formula is C45H30N4O. The van der Waals surface area contributed by atoms with E-state index in [1.165, 1.54) is 5.56 Å². The predicted octanol–water partition coefficient (Wildman–Crippen LogP) is 10.8. The first-order chi connectivity index (χ1) is 24.8. The number of amidine groups is 2. The minimum atomic E-state index is -0.439. The molecule has 0 radical (unpaired) electrons. The number of hydrogen-bond donors (Lipinski definition) is 1. The van der Waals surface area contributed by atoms with Crippen LogP contribution >= 0.6 is 0 Å². The van der Waals surface area contributed by atoms with E-state index in [0.717, 1.165) is 83.4 Å². The number of rotatable bonds is 5. The molecular weight excluding hydrogens is 613 g/mol. The van der Waals surface area contributed by atoms with E-state index in [9.17, 15) is 0 Å². The van der Waals surface area contributed by atoms with E-state index >= 15 is 0 Å². The Kier molecular flexibility index (Phi) is 6.49. The molecule has 1 aliphatic heterocycles. The summed E-state index contributed by atoms with van der Waals surface area (Å²) in [5.74, 6) is 1.58. The average molecular weight is 643 g/mol. The fourth-order valence-corrected chi connectivity index (χ4v) is 7.28. The second-order valence-corrected chi connectivity index (χ2v) is 12.6. The van der Waals surface area contributed by atoms with Gasteiger partial charge in [0.1, 0.15) is 22.8 Å². The van der Waals surface area contributed by atoms with E-state index in [1.54, 1.807) is 0 Å². The van der Waals surface area contributed by atoms with E-state index in [0.29, 0.717) is 0 Å². The summed E-state index contributed by atoms with van der Waals surface area (Å²) in [4.78, 5) is 10.4.